The molecule has 156 valence electrons. The van der Waals surface area contributed by atoms with Gasteiger partial charge in [-0.15, -0.1) is 0 Å². The van der Waals surface area contributed by atoms with Crippen LogP contribution in [0.3, 0.4) is 0 Å². The summed E-state index contributed by atoms with van der Waals surface area (Å²) >= 11 is 1.67. The number of carbonyl (C=O) groups excluding carboxylic acids is 2. The summed E-state index contributed by atoms with van der Waals surface area (Å²) < 4.78 is 5.16. The predicted molar refractivity (Wildman–Crippen MR) is 113 cm³/mol. The molecule has 0 bridgehead atoms. The molecular formula is C21H33N3O3S. The fourth-order valence-corrected chi connectivity index (χ4v) is 4.82. The third-order valence-electron chi connectivity index (χ3n) is 5.87. The van der Waals surface area contributed by atoms with Crippen LogP contribution in [-0.4, -0.2) is 59.9 Å². The van der Waals surface area contributed by atoms with E-state index >= 15 is 0 Å². The first-order valence-electron chi connectivity index (χ1n) is 10.5. The first-order valence-corrected chi connectivity index (χ1v) is 11.9. The number of thioether (sulfide) groups is 1. The lowest BCUT2D eigenvalue weighted by atomic mass is 9.92. The molecule has 1 saturated carbocycles. The Kier molecular flexibility index (Phi) is 8.27. The molecule has 0 spiro atoms. The van der Waals surface area contributed by atoms with Crippen LogP contribution < -0.4 is 10.6 Å². The summed E-state index contributed by atoms with van der Waals surface area (Å²) in [5.41, 5.74) is 0. The summed E-state index contributed by atoms with van der Waals surface area (Å²) in [5, 5.41) is 6.06. The Morgan fingerprint density at radius 1 is 1.25 bits per heavy atom. The molecule has 1 aromatic rings. The number of hydrogen-bond acceptors (Lipinski definition) is 5. The Balaban J connectivity index is 1.54. The van der Waals surface area contributed by atoms with Crippen LogP contribution in [0.5, 0.6) is 0 Å². The zero-order chi connectivity index (χ0) is 19.8. The second-order valence-electron chi connectivity index (χ2n) is 7.92. The van der Waals surface area contributed by atoms with E-state index in [2.05, 4.69) is 15.5 Å². The van der Waals surface area contributed by atoms with E-state index in [1.165, 1.54) is 38.4 Å². The van der Waals surface area contributed by atoms with Crippen LogP contribution in [0, 0.1) is 0 Å². The number of piperidine rings is 1. The molecule has 2 unspecified atom stereocenters. The summed E-state index contributed by atoms with van der Waals surface area (Å²) in [6, 6.07) is 3.60. The van der Waals surface area contributed by atoms with Gasteiger partial charge in [0.15, 0.2) is 5.76 Å². The predicted octanol–water partition coefficient (Wildman–Crippen LogP) is 3.04. The molecule has 1 aliphatic heterocycles. The van der Waals surface area contributed by atoms with Gasteiger partial charge < -0.3 is 15.1 Å². The van der Waals surface area contributed by atoms with Crippen molar-refractivity contribution < 1.29 is 14.0 Å². The molecular weight excluding hydrogens is 374 g/mol. The molecule has 0 radical (unpaired) electrons. The fourth-order valence-electron chi connectivity index (χ4n) is 4.35. The Bertz CT molecular complexity index is 616. The lowest BCUT2D eigenvalue weighted by molar-refractivity contribution is -0.124. The number of carbonyl (C=O) groups is 2. The summed E-state index contributed by atoms with van der Waals surface area (Å²) in [5.74, 6) is 0.640. The van der Waals surface area contributed by atoms with Gasteiger partial charge in [-0.25, -0.2) is 0 Å². The van der Waals surface area contributed by atoms with Crippen molar-refractivity contribution in [1.29, 1.82) is 0 Å². The van der Waals surface area contributed by atoms with Crippen molar-refractivity contribution in [2.24, 2.45) is 0 Å². The van der Waals surface area contributed by atoms with Crippen LogP contribution in [-0.2, 0) is 4.79 Å². The summed E-state index contributed by atoms with van der Waals surface area (Å²) in [7, 11) is 0. The average Bonchev–Trinajstić information content (AvgIpc) is 3.27. The highest BCUT2D eigenvalue weighted by Gasteiger charge is 2.30. The molecule has 2 heterocycles. The Morgan fingerprint density at radius 3 is 2.79 bits per heavy atom. The van der Waals surface area contributed by atoms with Crippen molar-refractivity contribution in [3.63, 3.8) is 0 Å². The van der Waals surface area contributed by atoms with Gasteiger partial charge in [-0.05, 0) is 62.8 Å². The van der Waals surface area contributed by atoms with Crippen LogP contribution in [0.15, 0.2) is 22.8 Å². The monoisotopic (exact) mass is 407 g/mol. The smallest absolute Gasteiger partial charge is 0.287 e. The average molecular weight is 408 g/mol. The lowest BCUT2D eigenvalue weighted by Gasteiger charge is -2.40. The molecule has 0 aromatic carbocycles. The highest BCUT2D eigenvalue weighted by Crippen LogP contribution is 2.25. The van der Waals surface area contributed by atoms with Crippen LogP contribution in [0.4, 0.5) is 0 Å². The van der Waals surface area contributed by atoms with Gasteiger partial charge in [0.25, 0.3) is 5.91 Å². The molecule has 1 aliphatic carbocycles. The summed E-state index contributed by atoms with van der Waals surface area (Å²) in [6.45, 7) is 2.07. The molecule has 2 N–H and O–H groups in total. The fraction of sp³-hybridized carbons (Fsp3) is 0.714. The van der Waals surface area contributed by atoms with Crippen LogP contribution in [0.25, 0.3) is 0 Å². The van der Waals surface area contributed by atoms with E-state index < -0.39 is 6.04 Å². The first-order chi connectivity index (χ1) is 13.7. The second kappa shape index (κ2) is 10.9. The van der Waals surface area contributed by atoms with E-state index in [9.17, 15) is 9.59 Å². The highest BCUT2D eigenvalue weighted by atomic mass is 32.2. The zero-order valence-corrected chi connectivity index (χ0v) is 17.6. The van der Waals surface area contributed by atoms with Crippen molar-refractivity contribution in [3.8, 4) is 0 Å². The maximum absolute atomic E-state index is 12.9. The lowest BCUT2D eigenvalue weighted by Crippen LogP contribution is -2.55. The third-order valence-corrected chi connectivity index (χ3v) is 6.51. The standard InChI is InChI=1S/C21H33N3O3S/c1-28-14-11-18(23-21(26)19-10-6-13-27-19)20(25)22-16-7-5-12-24(15-16)17-8-3-2-4-9-17/h6,10,13,16-18H,2-5,7-9,11-12,14-15H2,1H3,(H,22,25)(H,23,26). The topological polar surface area (TPSA) is 74.6 Å². The molecule has 2 fully saturated rings. The number of nitrogens with one attached hydrogen (secondary N) is 2. The van der Waals surface area contributed by atoms with E-state index in [1.54, 1.807) is 23.9 Å². The number of amides is 2. The minimum atomic E-state index is -0.532. The molecule has 2 atom stereocenters. The SMILES string of the molecule is CSCCC(NC(=O)c1ccco1)C(=O)NC1CCCN(C2CCCCC2)C1. The van der Waals surface area contributed by atoms with E-state index in [0.717, 1.165) is 31.7 Å². The molecule has 7 heteroatoms. The van der Waals surface area contributed by atoms with Gasteiger partial charge >= 0.3 is 0 Å². The van der Waals surface area contributed by atoms with E-state index in [0.29, 0.717) is 12.5 Å². The van der Waals surface area contributed by atoms with Crippen molar-refractivity contribution in [1.82, 2.24) is 15.5 Å². The maximum Gasteiger partial charge on any atom is 0.287 e. The van der Waals surface area contributed by atoms with Gasteiger partial charge in [-0.3, -0.25) is 14.5 Å². The van der Waals surface area contributed by atoms with Gasteiger partial charge in [-0.1, -0.05) is 19.3 Å². The van der Waals surface area contributed by atoms with Crippen LogP contribution >= 0.6 is 11.8 Å². The van der Waals surface area contributed by atoms with Gasteiger partial charge in [0, 0.05) is 18.6 Å². The van der Waals surface area contributed by atoms with E-state index in [4.69, 9.17) is 4.42 Å². The molecule has 2 aliphatic rings. The molecule has 1 saturated heterocycles. The van der Waals surface area contributed by atoms with E-state index in [-0.39, 0.29) is 23.6 Å². The van der Waals surface area contributed by atoms with Gasteiger partial charge in [0.05, 0.1) is 6.26 Å². The van der Waals surface area contributed by atoms with E-state index in [1.807, 2.05) is 6.26 Å². The number of furan rings is 1. The number of nitrogens with zero attached hydrogens (tertiary/aromatic N) is 1. The molecule has 2 amide bonds. The molecule has 28 heavy (non-hydrogen) atoms. The number of rotatable bonds is 8. The summed E-state index contributed by atoms with van der Waals surface area (Å²) in [6.07, 6.45) is 12.8. The molecule has 3 rings (SSSR count). The quantitative estimate of drug-likeness (QED) is 0.693. The minimum Gasteiger partial charge on any atom is -0.459 e. The normalized spacial score (nSPS) is 22.5. The van der Waals surface area contributed by atoms with Gasteiger partial charge in [-0.2, -0.15) is 11.8 Å². The molecule has 6 nitrogen and oxygen atoms in total. The Labute approximate surface area is 172 Å². The van der Waals surface area contributed by atoms with Crippen molar-refractivity contribution in [2.75, 3.05) is 25.1 Å². The molecule has 1 aromatic heterocycles. The van der Waals surface area contributed by atoms with Crippen LogP contribution in [0.1, 0.15) is 61.9 Å². The second-order valence-corrected chi connectivity index (χ2v) is 8.90. The first kappa shape index (κ1) is 21.2. The van der Waals surface area contributed by atoms with Crippen LogP contribution in [0.2, 0.25) is 0 Å². The zero-order valence-electron chi connectivity index (χ0n) is 16.8. The Morgan fingerprint density at radius 2 is 2.07 bits per heavy atom. The summed E-state index contributed by atoms with van der Waals surface area (Å²) in [4.78, 5) is 27.8. The Hall–Kier alpha value is -1.47. The van der Waals surface area contributed by atoms with Crippen molar-refractivity contribution in [3.05, 3.63) is 24.2 Å². The highest BCUT2D eigenvalue weighted by molar-refractivity contribution is 7.98. The third kappa shape index (κ3) is 6.01. The minimum absolute atomic E-state index is 0.0792. The number of likely N-dealkylation sites (tertiary alicyclic amines) is 1. The van der Waals surface area contributed by atoms with Gasteiger partial charge in [0.1, 0.15) is 6.04 Å². The van der Waals surface area contributed by atoms with Crippen molar-refractivity contribution >= 4 is 23.6 Å². The largest absolute Gasteiger partial charge is 0.459 e. The number of hydrogen-bond donors (Lipinski definition) is 2. The van der Waals surface area contributed by atoms with Crippen molar-refractivity contribution in [2.45, 2.75) is 69.5 Å². The van der Waals surface area contributed by atoms with Gasteiger partial charge in [0.2, 0.25) is 5.91 Å². The maximum atomic E-state index is 12.9.